The number of hydrogen-bond acceptors (Lipinski definition) is 4. The molecule has 7 nitrogen and oxygen atoms in total. The molecule has 28 heavy (non-hydrogen) atoms. The van der Waals surface area contributed by atoms with Gasteiger partial charge in [0.05, 0.1) is 13.7 Å². The third kappa shape index (κ3) is 3.84. The lowest BCUT2D eigenvalue weighted by Gasteiger charge is -2.26. The van der Waals surface area contributed by atoms with Gasteiger partial charge in [0, 0.05) is 43.5 Å². The maximum Gasteiger partial charge on any atom is 0.293 e. The van der Waals surface area contributed by atoms with Crippen molar-refractivity contribution in [2.45, 2.75) is 0 Å². The van der Waals surface area contributed by atoms with Crippen LogP contribution in [0.3, 0.4) is 0 Å². The molecule has 2 aromatic carbocycles. The second-order valence-corrected chi connectivity index (χ2v) is 6.39. The smallest absolute Gasteiger partial charge is 0.293 e. The predicted octanol–water partition coefficient (Wildman–Crippen LogP) is 2.76. The number of fused-ring (bicyclic) bond motifs is 1. The zero-order valence-corrected chi connectivity index (χ0v) is 16.3. The summed E-state index contributed by atoms with van der Waals surface area (Å²) in [5.74, 6) is 0.605. The summed E-state index contributed by atoms with van der Waals surface area (Å²) in [7, 11) is 5.19. The Balaban J connectivity index is 1.79. The first-order valence-electron chi connectivity index (χ1n) is 9.01. The standard InChI is InChI=1S/C21H25N5O2/c1-23-20(17-9-4-8-16-15(17)7-5-10-18(16)22)25(2)13-14-26(28-3)21(27)19-11-6-12-24-19/h4-12,24H,13-14,22H2,1-3H3. The summed E-state index contributed by atoms with van der Waals surface area (Å²) in [6.07, 6.45) is 1.71. The van der Waals surface area contributed by atoms with Crippen molar-refractivity contribution in [2.75, 3.05) is 40.0 Å². The Labute approximate surface area is 164 Å². The van der Waals surface area contributed by atoms with Crippen molar-refractivity contribution in [1.29, 1.82) is 0 Å². The Morgan fingerprint density at radius 2 is 1.86 bits per heavy atom. The molecule has 0 fully saturated rings. The van der Waals surface area contributed by atoms with Crippen molar-refractivity contribution >= 4 is 28.2 Å². The van der Waals surface area contributed by atoms with E-state index in [4.69, 9.17) is 10.6 Å². The van der Waals surface area contributed by atoms with Crippen LogP contribution in [0.2, 0.25) is 0 Å². The molecule has 7 heteroatoms. The Hall–Kier alpha value is -3.32. The lowest BCUT2D eigenvalue weighted by atomic mass is 10.0. The Morgan fingerprint density at radius 1 is 1.11 bits per heavy atom. The molecule has 1 heterocycles. The number of nitrogens with zero attached hydrogens (tertiary/aromatic N) is 3. The van der Waals surface area contributed by atoms with Crippen molar-refractivity contribution in [3.05, 3.63) is 66.0 Å². The van der Waals surface area contributed by atoms with E-state index < -0.39 is 0 Å². The molecule has 3 N–H and O–H groups in total. The van der Waals surface area contributed by atoms with Gasteiger partial charge in [-0.25, -0.2) is 5.06 Å². The number of aromatic nitrogens is 1. The minimum absolute atomic E-state index is 0.214. The average Bonchev–Trinajstić information content (AvgIpc) is 3.24. The van der Waals surface area contributed by atoms with Gasteiger partial charge in [0.1, 0.15) is 11.5 Å². The summed E-state index contributed by atoms with van der Waals surface area (Å²) in [5.41, 5.74) is 8.34. The molecule has 0 aliphatic carbocycles. The van der Waals surface area contributed by atoms with E-state index in [1.807, 2.05) is 48.3 Å². The molecular formula is C21H25N5O2. The van der Waals surface area contributed by atoms with Crippen LogP contribution in [0, 0.1) is 0 Å². The third-order valence-corrected chi connectivity index (χ3v) is 4.68. The number of amides is 1. The highest BCUT2D eigenvalue weighted by Gasteiger charge is 2.19. The molecule has 0 aliphatic rings. The number of hydrogen-bond donors (Lipinski definition) is 2. The highest BCUT2D eigenvalue weighted by Crippen LogP contribution is 2.25. The van der Waals surface area contributed by atoms with Crippen LogP contribution < -0.4 is 5.73 Å². The lowest BCUT2D eigenvalue weighted by molar-refractivity contribution is -0.0961. The van der Waals surface area contributed by atoms with E-state index in [9.17, 15) is 4.79 Å². The molecule has 0 bridgehead atoms. The number of benzene rings is 2. The van der Waals surface area contributed by atoms with E-state index in [2.05, 4.69) is 9.98 Å². The number of nitrogen functional groups attached to an aromatic ring is 1. The number of rotatable bonds is 6. The van der Waals surface area contributed by atoms with Crippen molar-refractivity contribution in [3.8, 4) is 0 Å². The Morgan fingerprint density at radius 3 is 2.54 bits per heavy atom. The van der Waals surface area contributed by atoms with Crippen LogP contribution >= 0.6 is 0 Å². The van der Waals surface area contributed by atoms with E-state index in [1.165, 1.54) is 12.2 Å². The van der Waals surface area contributed by atoms with Crippen LogP contribution in [0.25, 0.3) is 10.8 Å². The number of H-pyrrole nitrogens is 1. The van der Waals surface area contributed by atoms with Crippen LogP contribution in [-0.4, -0.2) is 61.0 Å². The monoisotopic (exact) mass is 379 g/mol. The molecule has 0 spiro atoms. The average molecular weight is 379 g/mol. The zero-order chi connectivity index (χ0) is 20.1. The van der Waals surface area contributed by atoms with Gasteiger partial charge >= 0.3 is 0 Å². The van der Waals surface area contributed by atoms with Gasteiger partial charge in [0.2, 0.25) is 0 Å². The quantitative estimate of drug-likeness (QED) is 0.298. The molecule has 3 rings (SSSR count). The second kappa shape index (κ2) is 8.58. The van der Waals surface area contributed by atoms with E-state index in [1.54, 1.807) is 25.4 Å². The van der Waals surface area contributed by atoms with Crippen molar-refractivity contribution < 1.29 is 9.63 Å². The van der Waals surface area contributed by atoms with Gasteiger partial charge in [-0.05, 0) is 23.6 Å². The van der Waals surface area contributed by atoms with Gasteiger partial charge in [-0.1, -0.05) is 30.3 Å². The molecular weight excluding hydrogens is 354 g/mol. The van der Waals surface area contributed by atoms with Crippen molar-refractivity contribution in [3.63, 3.8) is 0 Å². The zero-order valence-electron chi connectivity index (χ0n) is 16.3. The van der Waals surface area contributed by atoms with Crippen LogP contribution in [0.15, 0.2) is 59.7 Å². The number of amidine groups is 1. The van der Waals surface area contributed by atoms with Crippen LogP contribution in [0.4, 0.5) is 5.69 Å². The number of hydroxylamine groups is 2. The first-order valence-corrected chi connectivity index (χ1v) is 9.01. The summed E-state index contributed by atoms with van der Waals surface area (Å²) in [6, 6.07) is 15.4. The molecule has 3 aromatic rings. The first-order chi connectivity index (χ1) is 13.6. The molecule has 0 radical (unpaired) electrons. The Kier molecular flexibility index (Phi) is 5.96. The van der Waals surface area contributed by atoms with E-state index in [-0.39, 0.29) is 5.91 Å². The molecule has 0 saturated carbocycles. The van der Waals surface area contributed by atoms with E-state index >= 15 is 0 Å². The minimum atomic E-state index is -0.214. The summed E-state index contributed by atoms with van der Waals surface area (Å²) in [6.45, 7) is 0.933. The first kappa shape index (κ1) is 19.4. The highest BCUT2D eigenvalue weighted by atomic mass is 16.7. The van der Waals surface area contributed by atoms with Crippen molar-refractivity contribution in [1.82, 2.24) is 14.9 Å². The second-order valence-electron chi connectivity index (χ2n) is 6.39. The number of aliphatic imine (C=N–C) groups is 1. The molecule has 1 amide bonds. The van der Waals surface area contributed by atoms with Gasteiger partial charge in [-0.3, -0.25) is 14.6 Å². The largest absolute Gasteiger partial charge is 0.398 e. The highest BCUT2D eigenvalue weighted by molar-refractivity contribution is 6.11. The van der Waals surface area contributed by atoms with Crippen molar-refractivity contribution in [2.24, 2.45) is 4.99 Å². The van der Waals surface area contributed by atoms with Gasteiger partial charge in [-0.15, -0.1) is 0 Å². The van der Waals surface area contributed by atoms with Gasteiger partial charge in [0.25, 0.3) is 5.91 Å². The molecule has 0 saturated heterocycles. The fourth-order valence-corrected chi connectivity index (χ4v) is 3.25. The molecule has 0 aliphatic heterocycles. The Bertz CT molecular complexity index is 982. The third-order valence-electron chi connectivity index (χ3n) is 4.68. The number of nitrogens with one attached hydrogen (secondary N) is 1. The lowest BCUT2D eigenvalue weighted by Crippen LogP contribution is -2.39. The number of carbonyl (C=O) groups excluding carboxylic acids is 1. The number of nitrogens with two attached hydrogens (primary N) is 1. The SMILES string of the molecule is CN=C(c1cccc2c(N)cccc12)N(C)CCN(OC)C(=O)c1ccc[nH]1. The van der Waals surface area contributed by atoms with E-state index in [0.29, 0.717) is 18.8 Å². The normalized spacial score (nSPS) is 11.6. The van der Waals surface area contributed by atoms with Gasteiger partial charge < -0.3 is 15.6 Å². The van der Waals surface area contributed by atoms with E-state index in [0.717, 1.165) is 27.9 Å². The molecule has 0 unspecified atom stereocenters. The fourth-order valence-electron chi connectivity index (χ4n) is 3.25. The summed E-state index contributed by atoms with van der Waals surface area (Å²) >= 11 is 0. The summed E-state index contributed by atoms with van der Waals surface area (Å²) in [5, 5.41) is 3.37. The minimum Gasteiger partial charge on any atom is -0.398 e. The predicted molar refractivity (Wildman–Crippen MR) is 112 cm³/mol. The number of likely N-dealkylation sites (N-methyl/N-ethyl adjacent to an activating group) is 1. The molecule has 0 atom stereocenters. The number of aromatic amines is 1. The number of carbonyl (C=O) groups is 1. The molecule has 1 aromatic heterocycles. The van der Waals surface area contributed by atoms with Gasteiger partial charge in [-0.2, -0.15) is 0 Å². The van der Waals surface area contributed by atoms with Crippen LogP contribution in [0.1, 0.15) is 16.1 Å². The maximum atomic E-state index is 12.5. The summed E-state index contributed by atoms with van der Waals surface area (Å²) < 4.78 is 0. The fraction of sp³-hybridized carbons (Fsp3) is 0.238. The number of anilines is 1. The summed E-state index contributed by atoms with van der Waals surface area (Å²) in [4.78, 5) is 27.1. The van der Waals surface area contributed by atoms with Gasteiger partial charge in [0.15, 0.2) is 0 Å². The topological polar surface area (TPSA) is 86.9 Å². The van der Waals surface area contributed by atoms with Crippen LogP contribution in [0.5, 0.6) is 0 Å². The molecule has 146 valence electrons. The maximum absolute atomic E-state index is 12.5. The van der Waals surface area contributed by atoms with Crippen LogP contribution in [-0.2, 0) is 4.84 Å².